The second-order valence-electron chi connectivity index (χ2n) is 7.16. The van der Waals surface area contributed by atoms with Gasteiger partial charge in [-0.1, -0.05) is 48.5 Å². The Hall–Kier alpha value is -2.40. The van der Waals surface area contributed by atoms with Gasteiger partial charge in [0.1, 0.15) is 0 Å². The molecule has 0 aliphatic heterocycles. The number of rotatable bonds is 0. The summed E-state index contributed by atoms with van der Waals surface area (Å²) >= 11 is 5.85. The largest absolute Gasteiger partial charge is 0.352 e. The monoisotopic (exact) mass is 399 g/mol. The molecule has 3 aromatic carbocycles. The fourth-order valence-electron chi connectivity index (χ4n) is 4.22. The van der Waals surface area contributed by atoms with Gasteiger partial charge in [0.25, 0.3) is 0 Å². The van der Waals surface area contributed by atoms with Crippen LogP contribution >= 0.6 is 34.0 Å². The Balaban J connectivity index is 1.66. The van der Waals surface area contributed by atoms with Gasteiger partial charge in [0.05, 0.1) is 34.5 Å². The fraction of sp³-hybridized carbons (Fsp3) is 0.0435. The summed E-state index contributed by atoms with van der Waals surface area (Å²) in [6.45, 7) is 2.17. The van der Waals surface area contributed by atoms with E-state index in [-0.39, 0.29) is 0 Å². The van der Waals surface area contributed by atoms with Gasteiger partial charge >= 0.3 is 0 Å². The van der Waals surface area contributed by atoms with E-state index in [4.69, 9.17) is 0 Å². The number of aromatic nitrogens is 1. The lowest BCUT2D eigenvalue weighted by atomic mass is 10.1. The normalized spacial score (nSPS) is 12.6. The van der Waals surface area contributed by atoms with Crippen LogP contribution in [0.2, 0.25) is 0 Å². The van der Waals surface area contributed by atoms with Gasteiger partial charge in [0, 0.05) is 20.9 Å². The van der Waals surface area contributed by atoms with E-state index in [2.05, 4.69) is 66.5 Å². The third-order valence-electron chi connectivity index (χ3n) is 5.50. The molecule has 4 heterocycles. The average Bonchev–Trinajstić information content (AvgIpc) is 3.38. The van der Waals surface area contributed by atoms with E-state index < -0.39 is 0 Å². The molecule has 1 N–H and O–H groups in total. The van der Waals surface area contributed by atoms with E-state index in [1.807, 2.05) is 34.0 Å². The second kappa shape index (κ2) is 4.90. The molecule has 0 atom stereocenters. The van der Waals surface area contributed by atoms with Crippen LogP contribution in [-0.4, -0.2) is 4.98 Å². The lowest BCUT2D eigenvalue weighted by Crippen LogP contribution is -1.74. The molecule has 128 valence electrons. The minimum absolute atomic E-state index is 1.27. The Morgan fingerprint density at radius 2 is 1.44 bits per heavy atom. The molecule has 0 unspecified atom stereocenters. The second-order valence-corrected chi connectivity index (χ2v) is 10.3. The molecule has 7 rings (SSSR count). The van der Waals surface area contributed by atoms with Crippen molar-refractivity contribution in [3.8, 4) is 0 Å². The van der Waals surface area contributed by atoms with Gasteiger partial charge in [-0.2, -0.15) is 0 Å². The number of aryl methyl sites for hydroxylation is 1. The molecule has 0 saturated carbocycles. The number of benzene rings is 3. The van der Waals surface area contributed by atoms with E-state index >= 15 is 0 Å². The average molecular weight is 400 g/mol. The number of hydrogen-bond acceptors (Lipinski definition) is 3. The van der Waals surface area contributed by atoms with Crippen LogP contribution in [0.4, 0.5) is 0 Å². The zero-order chi connectivity index (χ0) is 17.7. The highest BCUT2D eigenvalue weighted by Gasteiger charge is 2.19. The maximum atomic E-state index is 3.78. The highest BCUT2D eigenvalue weighted by Crippen LogP contribution is 2.51. The number of hydrogen-bond donors (Lipinski definition) is 1. The SMILES string of the molecule is Cc1ccc2c(c1)sc1c2sc2c3[nH]c4c5ccccc5ccc4c3sc21. The van der Waals surface area contributed by atoms with Gasteiger partial charge in [-0.05, 0) is 23.9 Å². The maximum Gasteiger partial charge on any atom is 0.0757 e. The van der Waals surface area contributed by atoms with Gasteiger partial charge in [0.15, 0.2) is 0 Å². The van der Waals surface area contributed by atoms with Crippen molar-refractivity contribution in [2.24, 2.45) is 0 Å². The van der Waals surface area contributed by atoms with Crippen molar-refractivity contribution in [3.05, 3.63) is 60.2 Å². The van der Waals surface area contributed by atoms with Crippen molar-refractivity contribution in [3.63, 3.8) is 0 Å². The molecule has 27 heavy (non-hydrogen) atoms. The summed E-state index contributed by atoms with van der Waals surface area (Å²) in [5, 5.41) is 5.36. The molecule has 4 heteroatoms. The van der Waals surface area contributed by atoms with Crippen LogP contribution in [0.1, 0.15) is 5.56 Å². The Labute approximate surface area is 166 Å². The number of aromatic amines is 1. The lowest BCUT2D eigenvalue weighted by Gasteiger charge is -1.98. The minimum atomic E-state index is 1.27. The standard InChI is InChI=1S/C23H13NS3/c1-11-6-8-14-16(10-11)25-22-20(14)27-21-18-19(26-23(21)22)15-9-7-12-4-2-3-5-13(12)17(15)24-18/h2-10,24H,1H3. The molecule has 0 radical (unpaired) electrons. The van der Waals surface area contributed by atoms with Gasteiger partial charge in [-0.15, -0.1) is 34.0 Å². The Morgan fingerprint density at radius 3 is 2.41 bits per heavy atom. The van der Waals surface area contributed by atoms with Crippen LogP contribution in [0, 0.1) is 6.92 Å². The Bertz CT molecular complexity index is 1690. The van der Waals surface area contributed by atoms with E-state index in [1.54, 1.807) is 0 Å². The van der Waals surface area contributed by atoms with E-state index in [0.29, 0.717) is 0 Å². The summed E-state index contributed by atoms with van der Waals surface area (Å²) in [6.07, 6.45) is 0. The van der Waals surface area contributed by atoms with Crippen molar-refractivity contribution in [1.29, 1.82) is 0 Å². The Kier molecular flexibility index (Phi) is 2.66. The van der Waals surface area contributed by atoms with E-state index in [9.17, 15) is 0 Å². The maximum absolute atomic E-state index is 3.78. The van der Waals surface area contributed by atoms with Gasteiger partial charge < -0.3 is 4.98 Å². The molecule has 0 bridgehead atoms. The lowest BCUT2D eigenvalue weighted by molar-refractivity contribution is 1.52. The number of fused-ring (bicyclic) bond motifs is 11. The van der Waals surface area contributed by atoms with Crippen LogP contribution in [0.3, 0.4) is 0 Å². The first kappa shape index (κ1) is 14.6. The number of H-pyrrole nitrogens is 1. The summed E-state index contributed by atoms with van der Waals surface area (Å²) in [7, 11) is 0. The molecular formula is C23H13NS3. The first-order valence-electron chi connectivity index (χ1n) is 8.95. The van der Waals surface area contributed by atoms with Crippen molar-refractivity contribution in [2.75, 3.05) is 0 Å². The van der Waals surface area contributed by atoms with Crippen LogP contribution in [0.15, 0.2) is 54.6 Å². The first-order valence-corrected chi connectivity index (χ1v) is 11.4. The van der Waals surface area contributed by atoms with Crippen LogP contribution in [0.5, 0.6) is 0 Å². The summed E-state index contributed by atoms with van der Waals surface area (Å²) in [6, 6.07) is 20.0. The zero-order valence-electron chi connectivity index (χ0n) is 14.4. The smallest absolute Gasteiger partial charge is 0.0757 e. The predicted octanol–water partition coefficient (Wildman–Crippen LogP) is 8.43. The third kappa shape index (κ3) is 1.78. The third-order valence-corrected chi connectivity index (χ3v) is 9.54. The highest BCUT2D eigenvalue weighted by atomic mass is 32.1. The van der Waals surface area contributed by atoms with Gasteiger partial charge in [-0.25, -0.2) is 0 Å². The van der Waals surface area contributed by atoms with Crippen molar-refractivity contribution >= 4 is 94.8 Å². The molecule has 0 amide bonds. The summed E-state index contributed by atoms with van der Waals surface area (Å²) in [5.41, 5.74) is 3.92. The quantitative estimate of drug-likeness (QED) is 0.263. The van der Waals surface area contributed by atoms with Crippen molar-refractivity contribution < 1.29 is 0 Å². The zero-order valence-corrected chi connectivity index (χ0v) is 16.9. The fourth-order valence-corrected chi connectivity index (χ4v) is 8.64. The van der Waals surface area contributed by atoms with Gasteiger partial charge in [-0.3, -0.25) is 0 Å². The molecule has 0 aliphatic carbocycles. The molecular weight excluding hydrogens is 386 g/mol. The number of nitrogens with one attached hydrogen (secondary N) is 1. The molecule has 1 nitrogen and oxygen atoms in total. The molecule has 7 aromatic rings. The van der Waals surface area contributed by atoms with Crippen LogP contribution < -0.4 is 0 Å². The topological polar surface area (TPSA) is 15.8 Å². The molecule has 0 saturated heterocycles. The molecule has 4 aromatic heterocycles. The number of thiophene rings is 3. The van der Waals surface area contributed by atoms with Crippen molar-refractivity contribution in [2.45, 2.75) is 6.92 Å². The summed E-state index contributed by atoms with van der Waals surface area (Å²) < 4.78 is 8.57. The first-order chi connectivity index (χ1) is 13.3. The highest BCUT2D eigenvalue weighted by molar-refractivity contribution is 7.43. The summed E-state index contributed by atoms with van der Waals surface area (Å²) in [4.78, 5) is 3.78. The molecule has 0 aliphatic rings. The predicted molar refractivity (Wildman–Crippen MR) is 124 cm³/mol. The van der Waals surface area contributed by atoms with Crippen LogP contribution in [-0.2, 0) is 0 Å². The van der Waals surface area contributed by atoms with E-state index in [1.165, 1.54) is 66.3 Å². The van der Waals surface area contributed by atoms with E-state index in [0.717, 1.165) is 0 Å². The minimum Gasteiger partial charge on any atom is -0.352 e. The van der Waals surface area contributed by atoms with Crippen molar-refractivity contribution in [1.82, 2.24) is 4.98 Å². The van der Waals surface area contributed by atoms with Crippen LogP contribution in [0.25, 0.3) is 60.8 Å². The van der Waals surface area contributed by atoms with Gasteiger partial charge in [0.2, 0.25) is 0 Å². The summed E-state index contributed by atoms with van der Waals surface area (Å²) in [5.74, 6) is 0. The molecule has 0 spiro atoms. The Morgan fingerprint density at radius 1 is 0.630 bits per heavy atom. The molecule has 0 fully saturated rings.